The van der Waals surface area contributed by atoms with Crippen molar-refractivity contribution < 1.29 is 9.59 Å². The summed E-state index contributed by atoms with van der Waals surface area (Å²) >= 11 is 0. The van der Waals surface area contributed by atoms with Crippen molar-refractivity contribution in [1.82, 2.24) is 5.32 Å². The van der Waals surface area contributed by atoms with Gasteiger partial charge in [-0.05, 0) is 20.3 Å². The number of carbonyl (C=O) groups excluding carboxylic acids is 2. The summed E-state index contributed by atoms with van der Waals surface area (Å²) in [5.74, 6) is 0. The van der Waals surface area contributed by atoms with E-state index in [2.05, 4.69) is 5.32 Å². The van der Waals surface area contributed by atoms with Gasteiger partial charge in [0.25, 0.3) is 0 Å². The van der Waals surface area contributed by atoms with Gasteiger partial charge in [0.15, 0.2) is 0 Å². The van der Waals surface area contributed by atoms with Gasteiger partial charge in [0.2, 0.25) is 6.41 Å². The second kappa shape index (κ2) is 7.28. The van der Waals surface area contributed by atoms with E-state index in [9.17, 15) is 9.59 Å². The molecule has 0 spiro atoms. The minimum atomic E-state index is -0.417. The molecule has 0 aromatic rings. The summed E-state index contributed by atoms with van der Waals surface area (Å²) in [4.78, 5) is 20.6. The van der Waals surface area contributed by atoms with Crippen molar-refractivity contribution in [2.75, 3.05) is 0 Å². The predicted molar refractivity (Wildman–Crippen MR) is 52.2 cm³/mol. The highest BCUT2D eigenvalue weighted by molar-refractivity contribution is 5.64. The molecule has 1 atom stereocenters. The smallest absolute Gasteiger partial charge is 0.207 e. The molecular weight excluding hydrogens is 166 g/mol. The maximum absolute atomic E-state index is 10.5. The Bertz CT molecular complexity index is 219. The minimum Gasteiger partial charge on any atom is -0.349 e. The number of nitrogens with one attached hydrogen (secondary N) is 1. The zero-order chi connectivity index (χ0) is 10.1. The fraction of sp³-hybridized carbons (Fsp3) is 0.400. The molecule has 0 aliphatic rings. The normalized spacial score (nSPS) is 14.2. The SMILES string of the molecule is C/C=C\C(=C/C)CC(C=O)NC=O. The first kappa shape index (κ1) is 11.6. The number of allylic oxidation sites excluding steroid dienone is 3. The van der Waals surface area contributed by atoms with Crippen molar-refractivity contribution in [1.29, 1.82) is 0 Å². The van der Waals surface area contributed by atoms with Crippen LogP contribution in [0.2, 0.25) is 0 Å². The minimum absolute atomic E-state index is 0.417. The molecule has 13 heavy (non-hydrogen) atoms. The van der Waals surface area contributed by atoms with Crippen LogP contribution in [-0.2, 0) is 9.59 Å². The highest BCUT2D eigenvalue weighted by Crippen LogP contribution is 2.05. The van der Waals surface area contributed by atoms with Crippen molar-refractivity contribution in [2.24, 2.45) is 0 Å². The Hall–Kier alpha value is -1.38. The van der Waals surface area contributed by atoms with Gasteiger partial charge in [-0.1, -0.05) is 23.8 Å². The standard InChI is InChI=1S/C10H15NO2/c1-3-5-9(4-2)6-10(7-12)11-8-13/h3-5,7-8,10H,6H2,1-2H3,(H,11,13)/b5-3-,9-4+. The quantitative estimate of drug-likeness (QED) is 0.494. The summed E-state index contributed by atoms with van der Waals surface area (Å²) in [5.41, 5.74) is 1.04. The average molecular weight is 181 g/mol. The number of hydrogen-bond donors (Lipinski definition) is 1. The molecule has 72 valence electrons. The number of amides is 1. The third kappa shape index (κ3) is 4.95. The van der Waals surface area contributed by atoms with Gasteiger partial charge in [-0.2, -0.15) is 0 Å². The molecule has 0 radical (unpaired) electrons. The molecule has 0 saturated heterocycles. The van der Waals surface area contributed by atoms with Crippen LogP contribution in [0.15, 0.2) is 23.8 Å². The Morgan fingerprint density at radius 3 is 2.46 bits per heavy atom. The maximum Gasteiger partial charge on any atom is 0.207 e. The van der Waals surface area contributed by atoms with E-state index in [-0.39, 0.29) is 0 Å². The number of carbonyl (C=O) groups is 2. The Kier molecular flexibility index (Phi) is 6.51. The lowest BCUT2D eigenvalue weighted by Gasteiger charge is -2.08. The van der Waals surface area contributed by atoms with E-state index < -0.39 is 6.04 Å². The van der Waals surface area contributed by atoms with Crippen molar-refractivity contribution in [2.45, 2.75) is 26.3 Å². The number of hydrogen-bond acceptors (Lipinski definition) is 2. The molecule has 0 aromatic heterocycles. The van der Waals surface area contributed by atoms with E-state index in [0.717, 1.165) is 11.9 Å². The molecule has 1 amide bonds. The molecular formula is C10H15NO2. The summed E-state index contributed by atoms with van der Waals surface area (Å²) < 4.78 is 0. The van der Waals surface area contributed by atoms with Crippen LogP contribution in [0.4, 0.5) is 0 Å². The summed E-state index contributed by atoms with van der Waals surface area (Å²) in [7, 11) is 0. The van der Waals surface area contributed by atoms with Crippen LogP contribution in [0.3, 0.4) is 0 Å². The molecule has 0 aliphatic carbocycles. The van der Waals surface area contributed by atoms with Crippen molar-refractivity contribution >= 4 is 12.7 Å². The predicted octanol–water partition coefficient (Wildman–Crippen LogP) is 1.21. The first-order valence-electron chi connectivity index (χ1n) is 4.21. The molecule has 0 fully saturated rings. The molecule has 1 N–H and O–H groups in total. The van der Waals surface area contributed by atoms with Crippen molar-refractivity contribution in [3.63, 3.8) is 0 Å². The van der Waals surface area contributed by atoms with Gasteiger partial charge in [0, 0.05) is 0 Å². The number of rotatable bonds is 6. The third-order valence-corrected chi connectivity index (χ3v) is 1.65. The average Bonchev–Trinajstić information content (AvgIpc) is 2.16. The summed E-state index contributed by atoms with van der Waals surface area (Å²) in [6, 6.07) is -0.417. The second-order valence-corrected chi connectivity index (χ2v) is 2.59. The highest BCUT2D eigenvalue weighted by Gasteiger charge is 2.05. The van der Waals surface area contributed by atoms with Crippen LogP contribution in [-0.4, -0.2) is 18.7 Å². The van der Waals surface area contributed by atoms with Gasteiger partial charge in [-0.3, -0.25) is 4.79 Å². The zero-order valence-electron chi connectivity index (χ0n) is 7.99. The van der Waals surface area contributed by atoms with Crippen LogP contribution in [0.5, 0.6) is 0 Å². The first-order chi connectivity index (χ1) is 6.28. The van der Waals surface area contributed by atoms with Gasteiger partial charge in [0.1, 0.15) is 6.29 Å². The lowest BCUT2D eigenvalue weighted by Crippen LogP contribution is -2.29. The van der Waals surface area contributed by atoms with Crippen LogP contribution in [0.25, 0.3) is 0 Å². The molecule has 0 bridgehead atoms. The molecule has 0 aliphatic heterocycles. The zero-order valence-corrected chi connectivity index (χ0v) is 7.99. The molecule has 0 aromatic carbocycles. The molecule has 0 rings (SSSR count). The van der Waals surface area contributed by atoms with Gasteiger partial charge in [-0.25, -0.2) is 0 Å². The monoisotopic (exact) mass is 181 g/mol. The van der Waals surface area contributed by atoms with E-state index in [1.165, 1.54) is 0 Å². The molecule has 3 nitrogen and oxygen atoms in total. The van der Waals surface area contributed by atoms with Crippen LogP contribution in [0.1, 0.15) is 20.3 Å². The second-order valence-electron chi connectivity index (χ2n) is 2.59. The van der Waals surface area contributed by atoms with Crippen LogP contribution < -0.4 is 5.32 Å². The first-order valence-corrected chi connectivity index (χ1v) is 4.21. The van der Waals surface area contributed by atoms with Crippen LogP contribution in [0, 0.1) is 0 Å². The largest absolute Gasteiger partial charge is 0.349 e. The van der Waals surface area contributed by atoms with Gasteiger partial charge in [0.05, 0.1) is 6.04 Å². The van der Waals surface area contributed by atoms with Crippen molar-refractivity contribution in [3.8, 4) is 0 Å². The lowest BCUT2D eigenvalue weighted by molar-refractivity contribution is -0.115. The molecule has 3 heteroatoms. The third-order valence-electron chi connectivity index (χ3n) is 1.65. The van der Waals surface area contributed by atoms with Gasteiger partial charge in [-0.15, -0.1) is 0 Å². The topological polar surface area (TPSA) is 46.2 Å². The lowest BCUT2D eigenvalue weighted by atomic mass is 10.1. The summed E-state index contributed by atoms with van der Waals surface area (Å²) in [6.07, 6.45) is 7.57. The summed E-state index contributed by atoms with van der Waals surface area (Å²) in [6.45, 7) is 3.81. The summed E-state index contributed by atoms with van der Waals surface area (Å²) in [5, 5.41) is 2.43. The van der Waals surface area contributed by atoms with E-state index >= 15 is 0 Å². The van der Waals surface area contributed by atoms with E-state index in [4.69, 9.17) is 0 Å². The van der Waals surface area contributed by atoms with E-state index in [1.807, 2.05) is 32.1 Å². The van der Waals surface area contributed by atoms with Gasteiger partial charge >= 0.3 is 0 Å². The van der Waals surface area contributed by atoms with Gasteiger partial charge < -0.3 is 10.1 Å². The van der Waals surface area contributed by atoms with E-state index in [1.54, 1.807) is 0 Å². The van der Waals surface area contributed by atoms with Crippen molar-refractivity contribution in [3.05, 3.63) is 23.8 Å². The van der Waals surface area contributed by atoms with E-state index in [0.29, 0.717) is 12.8 Å². The Morgan fingerprint density at radius 1 is 1.38 bits per heavy atom. The fourth-order valence-electron chi connectivity index (χ4n) is 0.984. The Morgan fingerprint density at radius 2 is 2.08 bits per heavy atom. The fourth-order valence-corrected chi connectivity index (χ4v) is 0.984. The maximum atomic E-state index is 10.5. The molecule has 0 saturated carbocycles. The van der Waals surface area contributed by atoms with Crippen LogP contribution >= 0.6 is 0 Å². The molecule has 0 heterocycles. The molecule has 1 unspecified atom stereocenters. The Balaban J connectivity index is 4.19. The Labute approximate surface area is 78.5 Å². The number of aldehydes is 1. The highest BCUT2D eigenvalue weighted by atomic mass is 16.1.